The van der Waals surface area contributed by atoms with E-state index in [-0.39, 0.29) is 0 Å². The molecule has 0 aromatic carbocycles. The molecule has 0 saturated carbocycles. The van der Waals surface area contributed by atoms with Crippen molar-refractivity contribution in [1.29, 1.82) is 0 Å². The summed E-state index contributed by atoms with van der Waals surface area (Å²) in [6.07, 6.45) is 3.57. The number of thiazole rings is 1. The molecule has 0 aliphatic carbocycles. The highest BCUT2D eigenvalue weighted by Gasteiger charge is 2.11. The van der Waals surface area contributed by atoms with Gasteiger partial charge in [-0.05, 0) is 43.7 Å². The second-order valence-electron chi connectivity index (χ2n) is 4.48. The van der Waals surface area contributed by atoms with Gasteiger partial charge in [0, 0.05) is 17.3 Å². The highest BCUT2D eigenvalue weighted by Crippen LogP contribution is 2.30. The molecule has 0 aliphatic heterocycles. The first-order chi connectivity index (χ1) is 9.72. The van der Waals surface area contributed by atoms with E-state index in [4.69, 9.17) is 0 Å². The molecule has 4 nitrogen and oxygen atoms in total. The molecule has 100 valence electrons. The zero-order valence-corrected chi connectivity index (χ0v) is 12.1. The summed E-state index contributed by atoms with van der Waals surface area (Å²) in [5, 5.41) is 4.08. The molecule has 3 aromatic heterocycles. The molecule has 0 atom stereocenters. The SMILES string of the molecule is Cc1ccnc(Nc2nc(-c3ccccn3)c(C)s2)c1. The van der Waals surface area contributed by atoms with E-state index >= 15 is 0 Å². The van der Waals surface area contributed by atoms with Gasteiger partial charge in [-0.1, -0.05) is 6.07 Å². The Morgan fingerprint density at radius 3 is 2.70 bits per heavy atom. The molecule has 0 aliphatic rings. The van der Waals surface area contributed by atoms with Crippen molar-refractivity contribution < 1.29 is 0 Å². The molecule has 3 rings (SSSR count). The number of aromatic nitrogens is 3. The van der Waals surface area contributed by atoms with E-state index in [0.29, 0.717) is 0 Å². The average molecular weight is 282 g/mol. The normalized spacial score (nSPS) is 10.5. The maximum atomic E-state index is 4.61. The van der Waals surface area contributed by atoms with E-state index in [1.54, 1.807) is 23.7 Å². The summed E-state index contributed by atoms with van der Waals surface area (Å²) in [5.41, 5.74) is 2.98. The van der Waals surface area contributed by atoms with Crippen molar-refractivity contribution in [2.45, 2.75) is 13.8 Å². The summed E-state index contributed by atoms with van der Waals surface area (Å²) >= 11 is 1.61. The van der Waals surface area contributed by atoms with Gasteiger partial charge in [-0.3, -0.25) is 4.98 Å². The minimum atomic E-state index is 0.811. The fourth-order valence-electron chi connectivity index (χ4n) is 1.90. The van der Waals surface area contributed by atoms with E-state index in [9.17, 15) is 0 Å². The van der Waals surface area contributed by atoms with Gasteiger partial charge in [-0.15, -0.1) is 11.3 Å². The summed E-state index contributed by atoms with van der Waals surface area (Å²) < 4.78 is 0. The third-order valence-corrected chi connectivity index (χ3v) is 3.74. The molecule has 3 heterocycles. The molecule has 0 unspecified atom stereocenters. The molecule has 1 N–H and O–H groups in total. The summed E-state index contributed by atoms with van der Waals surface area (Å²) in [6.45, 7) is 4.09. The van der Waals surface area contributed by atoms with Crippen molar-refractivity contribution in [3.05, 3.63) is 53.2 Å². The van der Waals surface area contributed by atoms with E-state index < -0.39 is 0 Å². The highest BCUT2D eigenvalue weighted by atomic mass is 32.1. The molecule has 0 bridgehead atoms. The molecule has 0 radical (unpaired) electrons. The maximum Gasteiger partial charge on any atom is 0.189 e. The number of hydrogen-bond donors (Lipinski definition) is 1. The summed E-state index contributed by atoms with van der Waals surface area (Å²) in [6, 6.07) is 9.81. The van der Waals surface area contributed by atoms with E-state index in [0.717, 1.165) is 27.2 Å². The van der Waals surface area contributed by atoms with Crippen LogP contribution in [0, 0.1) is 13.8 Å². The Hall–Kier alpha value is -2.27. The second-order valence-corrected chi connectivity index (χ2v) is 5.69. The van der Waals surface area contributed by atoms with E-state index in [1.165, 1.54) is 5.56 Å². The molecule has 0 fully saturated rings. The third-order valence-electron chi connectivity index (χ3n) is 2.85. The van der Waals surface area contributed by atoms with Gasteiger partial charge in [0.1, 0.15) is 11.5 Å². The van der Waals surface area contributed by atoms with Gasteiger partial charge < -0.3 is 5.32 Å². The lowest BCUT2D eigenvalue weighted by Gasteiger charge is -2.01. The molecule has 0 saturated heterocycles. The minimum absolute atomic E-state index is 0.811. The maximum absolute atomic E-state index is 4.61. The van der Waals surface area contributed by atoms with Gasteiger partial charge in [0.15, 0.2) is 5.13 Å². The zero-order chi connectivity index (χ0) is 13.9. The lowest BCUT2D eigenvalue weighted by atomic mass is 10.2. The van der Waals surface area contributed by atoms with E-state index in [2.05, 4.69) is 27.2 Å². The molecule has 5 heteroatoms. The molecular weight excluding hydrogens is 268 g/mol. The van der Waals surface area contributed by atoms with Gasteiger partial charge >= 0.3 is 0 Å². The number of rotatable bonds is 3. The molecule has 0 spiro atoms. The van der Waals surface area contributed by atoms with Gasteiger partial charge in [0.2, 0.25) is 0 Å². The predicted octanol–water partition coefficient (Wildman–Crippen LogP) is 3.96. The number of anilines is 2. The van der Waals surface area contributed by atoms with Crippen LogP contribution in [0.2, 0.25) is 0 Å². The number of aryl methyl sites for hydroxylation is 2. The molecular formula is C15H14N4S. The quantitative estimate of drug-likeness (QED) is 0.790. The van der Waals surface area contributed by atoms with Crippen LogP contribution in [-0.4, -0.2) is 15.0 Å². The number of nitrogens with one attached hydrogen (secondary N) is 1. The Morgan fingerprint density at radius 1 is 1.05 bits per heavy atom. The minimum Gasteiger partial charge on any atom is -0.316 e. The van der Waals surface area contributed by atoms with Crippen LogP contribution in [0.25, 0.3) is 11.4 Å². The fourth-order valence-corrected chi connectivity index (χ4v) is 2.73. The van der Waals surface area contributed by atoms with Crippen LogP contribution in [0.4, 0.5) is 10.9 Å². The Bertz CT molecular complexity index is 722. The van der Waals surface area contributed by atoms with Crippen molar-refractivity contribution in [2.24, 2.45) is 0 Å². The van der Waals surface area contributed by atoms with Crippen LogP contribution in [0.1, 0.15) is 10.4 Å². The number of pyridine rings is 2. The highest BCUT2D eigenvalue weighted by molar-refractivity contribution is 7.16. The van der Waals surface area contributed by atoms with Crippen LogP contribution in [-0.2, 0) is 0 Å². The van der Waals surface area contributed by atoms with Crippen molar-refractivity contribution in [2.75, 3.05) is 5.32 Å². The average Bonchev–Trinajstić information content (AvgIpc) is 2.80. The van der Waals surface area contributed by atoms with Crippen LogP contribution in [0.3, 0.4) is 0 Å². The lowest BCUT2D eigenvalue weighted by molar-refractivity contribution is 1.24. The van der Waals surface area contributed by atoms with Crippen molar-refractivity contribution >= 4 is 22.3 Å². The first-order valence-corrected chi connectivity index (χ1v) is 7.12. The topological polar surface area (TPSA) is 50.7 Å². The van der Waals surface area contributed by atoms with Gasteiger partial charge in [-0.25, -0.2) is 9.97 Å². The zero-order valence-electron chi connectivity index (χ0n) is 11.3. The summed E-state index contributed by atoms with van der Waals surface area (Å²) in [5.74, 6) is 0.811. The Kier molecular flexibility index (Phi) is 3.43. The standard InChI is InChI=1S/C15H14N4S/c1-10-6-8-17-13(9-10)18-15-19-14(11(2)20-15)12-5-3-4-7-16-12/h3-9H,1-2H3,(H,17,18,19). The van der Waals surface area contributed by atoms with Crippen molar-refractivity contribution in [3.8, 4) is 11.4 Å². The van der Waals surface area contributed by atoms with Gasteiger partial charge in [-0.2, -0.15) is 0 Å². The first kappa shape index (κ1) is 12.7. The van der Waals surface area contributed by atoms with E-state index in [1.807, 2.05) is 37.3 Å². The first-order valence-electron chi connectivity index (χ1n) is 6.31. The van der Waals surface area contributed by atoms with Crippen LogP contribution in [0.5, 0.6) is 0 Å². The third kappa shape index (κ3) is 2.67. The Morgan fingerprint density at radius 2 is 1.95 bits per heavy atom. The predicted molar refractivity (Wildman–Crippen MR) is 82.3 cm³/mol. The Balaban J connectivity index is 1.90. The van der Waals surface area contributed by atoms with Crippen molar-refractivity contribution in [1.82, 2.24) is 15.0 Å². The van der Waals surface area contributed by atoms with Crippen molar-refractivity contribution in [3.63, 3.8) is 0 Å². The number of nitrogens with zero attached hydrogens (tertiary/aromatic N) is 3. The molecule has 0 amide bonds. The van der Waals surface area contributed by atoms with Crippen LogP contribution < -0.4 is 5.32 Å². The number of hydrogen-bond acceptors (Lipinski definition) is 5. The van der Waals surface area contributed by atoms with Gasteiger partial charge in [0.05, 0.1) is 5.69 Å². The molecule has 20 heavy (non-hydrogen) atoms. The molecule has 3 aromatic rings. The summed E-state index contributed by atoms with van der Waals surface area (Å²) in [4.78, 5) is 14.4. The van der Waals surface area contributed by atoms with Crippen LogP contribution in [0.15, 0.2) is 42.7 Å². The van der Waals surface area contributed by atoms with Gasteiger partial charge in [0.25, 0.3) is 0 Å². The second kappa shape index (κ2) is 5.38. The lowest BCUT2D eigenvalue weighted by Crippen LogP contribution is -1.93. The Labute approximate surface area is 121 Å². The fraction of sp³-hybridized carbons (Fsp3) is 0.133. The largest absolute Gasteiger partial charge is 0.316 e. The summed E-state index contributed by atoms with van der Waals surface area (Å²) in [7, 11) is 0. The monoisotopic (exact) mass is 282 g/mol. The smallest absolute Gasteiger partial charge is 0.189 e. The van der Waals surface area contributed by atoms with Crippen LogP contribution >= 0.6 is 11.3 Å².